The molecule has 0 saturated carbocycles. The molecule has 104 valence electrons. The molecular formula is C17H18ClNS. The van der Waals surface area contributed by atoms with Gasteiger partial charge in [-0.2, -0.15) is 0 Å². The quantitative estimate of drug-likeness (QED) is 0.515. The standard InChI is InChI=1S/C17H18ClNS/c18-12-6-1-7-13-19-14-8-2-4-10-16(14)20-17-11-5-3-9-15(17)19/h2-5,8-11H,1,6-7,12-13H2. The van der Waals surface area contributed by atoms with Crippen molar-refractivity contribution >= 4 is 34.7 Å². The van der Waals surface area contributed by atoms with Crippen molar-refractivity contribution in [2.45, 2.75) is 29.1 Å². The molecule has 0 spiro atoms. The zero-order valence-corrected chi connectivity index (χ0v) is 13.0. The number of fused-ring (bicyclic) bond motifs is 2. The maximum Gasteiger partial charge on any atom is 0.0552 e. The molecule has 0 aromatic heterocycles. The predicted molar refractivity (Wildman–Crippen MR) is 88.6 cm³/mol. The van der Waals surface area contributed by atoms with E-state index in [1.165, 1.54) is 34.0 Å². The second-order valence-corrected chi connectivity index (χ2v) is 6.40. The van der Waals surface area contributed by atoms with Gasteiger partial charge in [0.15, 0.2) is 0 Å². The number of anilines is 2. The molecule has 0 fully saturated rings. The van der Waals surface area contributed by atoms with Crippen LogP contribution < -0.4 is 4.90 Å². The minimum atomic E-state index is 0.767. The molecule has 0 radical (unpaired) electrons. The maximum atomic E-state index is 5.77. The maximum absolute atomic E-state index is 5.77. The van der Waals surface area contributed by atoms with Crippen LogP contribution in [-0.2, 0) is 0 Å². The zero-order chi connectivity index (χ0) is 13.8. The van der Waals surface area contributed by atoms with Gasteiger partial charge in [0.2, 0.25) is 0 Å². The summed E-state index contributed by atoms with van der Waals surface area (Å²) in [5.74, 6) is 0.767. The molecule has 2 aromatic carbocycles. The Hall–Kier alpha value is -1.12. The van der Waals surface area contributed by atoms with Crippen molar-refractivity contribution in [1.29, 1.82) is 0 Å². The molecule has 3 heteroatoms. The fraction of sp³-hybridized carbons (Fsp3) is 0.294. The summed E-state index contributed by atoms with van der Waals surface area (Å²) in [6.07, 6.45) is 3.48. The van der Waals surface area contributed by atoms with Crippen LogP contribution in [0.15, 0.2) is 58.3 Å². The SMILES string of the molecule is ClCCCCCN1c2ccccc2Sc2ccccc21. The Balaban J connectivity index is 1.87. The average molecular weight is 304 g/mol. The van der Waals surface area contributed by atoms with Gasteiger partial charge in [0.1, 0.15) is 0 Å². The minimum absolute atomic E-state index is 0.767. The summed E-state index contributed by atoms with van der Waals surface area (Å²) >= 11 is 7.64. The lowest BCUT2D eigenvalue weighted by atomic mass is 10.2. The van der Waals surface area contributed by atoms with Gasteiger partial charge in [-0.25, -0.2) is 0 Å². The Labute approximate surface area is 129 Å². The molecule has 1 aliphatic rings. The lowest BCUT2D eigenvalue weighted by Crippen LogP contribution is -2.21. The van der Waals surface area contributed by atoms with Gasteiger partial charge in [0.25, 0.3) is 0 Å². The summed E-state index contributed by atoms with van der Waals surface area (Å²) in [6, 6.07) is 17.3. The van der Waals surface area contributed by atoms with Crippen LogP contribution in [0.25, 0.3) is 0 Å². The average Bonchev–Trinajstić information content (AvgIpc) is 2.50. The van der Waals surface area contributed by atoms with Crippen molar-refractivity contribution in [2.75, 3.05) is 17.3 Å². The highest BCUT2D eigenvalue weighted by Gasteiger charge is 2.21. The van der Waals surface area contributed by atoms with Crippen molar-refractivity contribution in [1.82, 2.24) is 0 Å². The molecule has 0 unspecified atom stereocenters. The second kappa shape index (κ2) is 6.55. The molecular weight excluding hydrogens is 286 g/mol. The van der Waals surface area contributed by atoms with Crippen LogP contribution >= 0.6 is 23.4 Å². The highest BCUT2D eigenvalue weighted by atomic mass is 35.5. The molecule has 3 rings (SSSR count). The monoisotopic (exact) mass is 303 g/mol. The van der Waals surface area contributed by atoms with E-state index in [0.29, 0.717) is 0 Å². The Morgan fingerprint density at radius 1 is 0.800 bits per heavy atom. The molecule has 1 aliphatic heterocycles. The zero-order valence-electron chi connectivity index (χ0n) is 11.4. The Morgan fingerprint density at radius 2 is 1.40 bits per heavy atom. The molecule has 0 bridgehead atoms. The van der Waals surface area contributed by atoms with Crippen LogP contribution in [-0.4, -0.2) is 12.4 Å². The van der Waals surface area contributed by atoms with Crippen LogP contribution in [0.5, 0.6) is 0 Å². The molecule has 0 atom stereocenters. The van der Waals surface area contributed by atoms with Crippen LogP contribution in [0.2, 0.25) is 0 Å². The molecule has 0 saturated heterocycles. The van der Waals surface area contributed by atoms with Gasteiger partial charge in [-0.05, 0) is 37.1 Å². The van der Waals surface area contributed by atoms with Crippen molar-refractivity contribution in [3.63, 3.8) is 0 Å². The molecule has 1 nitrogen and oxygen atoms in total. The van der Waals surface area contributed by atoms with E-state index in [4.69, 9.17) is 11.6 Å². The Kier molecular flexibility index (Phi) is 4.54. The largest absolute Gasteiger partial charge is 0.340 e. The van der Waals surface area contributed by atoms with Crippen LogP contribution in [0.3, 0.4) is 0 Å². The summed E-state index contributed by atoms with van der Waals surface area (Å²) in [5.41, 5.74) is 2.67. The van der Waals surface area contributed by atoms with Gasteiger partial charge >= 0.3 is 0 Å². The fourth-order valence-corrected chi connectivity index (χ4v) is 3.85. The molecule has 0 aliphatic carbocycles. The lowest BCUT2D eigenvalue weighted by Gasteiger charge is -2.32. The first-order chi connectivity index (χ1) is 9.90. The van der Waals surface area contributed by atoms with E-state index in [0.717, 1.165) is 18.8 Å². The topological polar surface area (TPSA) is 3.24 Å². The minimum Gasteiger partial charge on any atom is -0.340 e. The summed E-state index contributed by atoms with van der Waals surface area (Å²) in [4.78, 5) is 5.15. The smallest absolute Gasteiger partial charge is 0.0552 e. The van der Waals surface area contributed by atoms with E-state index < -0.39 is 0 Å². The fourth-order valence-electron chi connectivity index (χ4n) is 2.56. The highest BCUT2D eigenvalue weighted by Crippen LogP contribution is 2.47. The summed E-state index contributed by atoms with van der Waals surface area (Å²) in [6.45, 7) is 1.06. The number of hydrogen-bond acceptors (Lipinski definition) is 2. The van der Waals surface area contributed by atoms with E-state index in [1.54, 1.807) is 0 Å². The van der Waals surface area contributed by atoms with E-state index in [9.17, 15) is 0 Å². The predicted octanol–water partition coefficient (Wildman–Crippen LogP) is 5.70. The number of benzene rings is 2. The van der Waals surface area contributed by atoms with Crippen molar-refractivity contribution < 1.29 is 0 Å². The molecule has 2 aromatic rings. The Bertz CT molecular complexity index is 539. The third kappa shape index (κ3) is 2.82. The number of rotatable bonds is 5. The molecule has 0 N–H and O–H groups in total. The van der Waals surface area contributed by atoms with Gasteiger partial charge in [-0.1, -0.05) is 42.4 Å². The van der Waals surface area contributed by atoms with Gasteiger partial charge in [-0.3, -0.25) is 0 Å². The van der Waals surface area contributed by atoms with Crippen molar-refractivity contribution in [3.05, 3.63) is 48.5 Å². The third-order valence-corrected chi connectivity index (χ3v) is 4.94. The van der Waals surface area contributed by atoms with Gasteiger partial charge < -0.3 is 4.90 Å². The molecule has 1 heterocycles. The first-order valence-electron chi connectivity index (χ1n) is 7.09. The first kappa shape index (κ1) is 13.8. The molecule has 20 heavy (non-hydrogen) atoms. The van der Waals surface area contributed by atoms with Gasteiger partial charge in [-0.15, -0.1) is 11.6 Å². The van der Waals surface area contributed by atoms with E-state index in [1.807, 2.05) is 11.8 Å². The summed E-state index contributed by atoms with van der Waals surface area (Å²) in [5, 5.41) is 0. The van der Waals surface area contributed by atoms with E-state index >= 15 is 0 Å². The summed E-state index contributed by atoms with van der Waals surface area (Å²) in [7, 11) is 0. The van der Waals surface area contributed by atoms with E-state index in [2.05, 4.69) is 53.4 Å². The number of alkyl halides is 1. The van der Waals surface area contributed by atoms with Crippen LogP contribution in [0.4, 0.5) is 11.4 Å². The van der Waals surface area contributed by atoms with Gasteiger partial charge in [0.05, 0.1) is 11.4 Å². The first-order valence-corrected chi connectivity index (χ1v) is 8.44. The Morgan fingerprint density at radius 3 is 2.00 bits per heavy atom. The lowest BCUT2D eigenvalue weighted by molar-refractivity contribution is 0.715. The van der Waals surface area contributed by atoms with Crippen molar-refractivity contribution in [3.8, 4) is 0 Å². The number of para-hydroxylation sites is 2. The second-order valence-electron chi connectivity index (χ2n) is 4.94. The van der Waals surface area contributed by atoms with E-state index in [-0.39, 0.29) is 0 Å². The number of hydrogen-bond donors (Lipinski definition) is 0. The highest BCUT2D eigenvalue weighted by molar-refractivity contribution is 7.99. The number of unbranched alkanes of at least 4 members (excludes halogenated alkanes) is 2. The molecule has 0 amide bonds. The number of halogens is 1. The normalized spacial score (nSPS) is 12.9. The number of nitrogens with zero attached hydrogens (tertiary/aromatic N) is 1. The van der Waals surface area contributed by atoms with Gasteiger partial charge in [0, 0.05) is 22.2 Å². The van der Waals surface area contributed by atoms with Crippen LogP contribution in [0, 0.1) is 0 Å². The summed E-state index contributed by atoms with van der Waals surface area (Å²) < 4.78 is 0. The third-order valence-electron chi connectivity index (χ3n) is 3.55. The van der Waals surface area contributed by atoms with Crippen LogP contribution in [0.1, 0.15) is 19.3 Å². The van der Waals surface area contributed by atoms with Crippen molar-refractivity contribution in [2.24, 2.45) is 0 Å².